The number of fused-ring (bicyclic) bond motifs is 1. The molecule has 29 heavy (non-hydrogen) atoms. The first kappa shape index (κ1) is 17.9. The van der Waals surface area contributed by atoms with Gasteiger partial charge in [0.15, 0.2) is 0 Å². The van der Waals surface area contributed by atoms with Crippen LogP contribution in [-0.4, -0.2) is 57.7 Å². The number of nitriles is 1. The molecule has 2 fully saturated rings. The molecule has 2 aliphatic rings. The third-order valence-electron chi connectivity index (χ3n) is 6.16. The minimum atomic E-state index is 0.113. The number of nitrogens with zero attached hydrogens (tertiary/aromatic N) is 5. The minimum Gasteiger partial charge on any atom is -0.337 e. The van der Waals surface area contributed by atoms with Crippen molar-refractivity contribution >= 4 is 16.8 Å². The number of benzene rings is 2. The first-order valence-corrected chi connectivity index (χ1v) is 10.2. The lowest BCUT2D eigenvalue weighted by atomic mass is 10.1. The fraction of sp³-hybridized carbons (Fsp3) is 0.348. The van der Waals surface area contributed by atoms with Gasteiger partial charge in [-0.25, -0.2) is 4.68 Å². The Morgan fingerprint density at radius 3 is 2.62 bits per heavy atom. The van der Waals surface area contributed by atoms with Crippen molar-refractivity contribution in [2.24, 2.45) is 0 Å². The fourth-order valence-electron chi connectivity index (χ4n) is 4.57. The van der Waals surface area contributed by atoms with Crippen molar-refractivity contribution < 1.29 is 4.79 Å². The number of likely N-dealkylation sites (tertiary alicyclic amines) is 2. The highest BCUT2D eigenvalue weighted by Gasteiger charge is 2.31. The Balaban J connectivity index is 1.33. The van der Waals surface area contributed by atoms with Gasteiger partial charge in [-0.05, 0) is 74.8 Å². The molecule has 6 heteroatoms. The van der Waals surface area contributed by atoms with Gasteiger partial charge >= 0.3 is 0 Å². The number of carbonyl (C=O) groups is 1. The summed E-state index contributed by atoms with van der Waals surface area (Å²) in [5, 5.41) is 14.4. The summed E-state index contributed by atoms with van der Waals surface area (Å²) >= 11 is 0. The second-order valence-corrected chi connectivity index (χ2v) is 7.93. The molecule has 0 unspecified atom stereocenters. The van der Waals surface area contributed by atoms with E-state index in [9.17, 15) is 4.79 Å². The molecule has 5 rings (SSSR count). The zero-order valence-electron chi connectivity index (χ0n) is 16.3. The predicted octanol–water partition coefficient (Wildman–Crippen LogP) is 3.21. The molecule has 0 radical (unpaired) electrons. The van der Waals surface area contributed by atoms with E-state index in [1.807, 2.05) is 46.0 Å². The first-order chi connectivity index (χ1) is 14.2. The van der Waals surface area contributed by atoms with Crippen LogP contribution in [0.4, 0.5) is 0 Å². The van der Waals surface area contributed by atoms with Crippen molar-refractivity contribution in [3.63, 3.8) is 0 Å². The normalized spacial score (nSPS) is 19.7. The Labute approximate surface area is 169 Å². The zero-order chi connectivity index (χ0) is 19.8. The van der Waals surface area contributed by atoms with Crippen LogP contribution in [0.15, 0.2) is 48.7 Å². The van der Waals surface area contributed by atoms with Gasteiger partial charge in [0.25, 0.3) is 5.91 Å². The van der Waals surface area contributed by atoms with E-state index >= 15 is 0 Å². The molecule has 2 aliphatic heterocycles. The molecule has 0 aliphatic carbocycles. The summed E-state index contributed by atoms with van der Waals surface area (Å²) in [6, 6.07) is 15.9. The van der Waals surface area contributed by atoms with Crippen LogP contribution < -0.4 is 0 Å². The van der Waals surface area contributed by atoms with Crippen LogP contribution in [0.2, 0.25) is 0 Å². The maximum absolute atomic E-state index is 12.9. The SMILES string of the molecule is N#Cc1ccc2c(cnn2-c2ccc(C(=O)N3CC[C@H](N4CCCC4)C3)cc2)c1. The minimum absolute atomic E-state index is 0.113. The van der Waals surface area contributed by atoms with Crippen LogP contribution >= 0.6 is 0 Å². The van der Waals surface area contributed by atoms with Crippen molar-refractivity contribution in [3.05, 3.63) is 59.8 Å². The Kier molecular flexibility index (Phi) is 4.53. The van der Waals surface area contributed by atoms with Crippen LogP contribution in [0.5, 0.6) is 0 Å². The van der Waals surface area contributed by atoms with Gasteiger partial charge in [0.2, 0.25) is 0 Å². The van der Waals surface area contributed by atoms with Crippen molar-refractivity contribution in [3.8, 4) is 11.8 Å². The van der Waals surface area contributed by atoms with E-state index in [0.29, 0.717) is 11.6 Å². The van der Waals surface area contributed by atoms with Gasteiger partial charge in [0, 0.05) is 30.1 Å². The molecule has 2 saturated heterocycles. The summed E-state index contributed by atoms with van der Waals surface area (Å²) in [4.78, 5) is 17.5. The van der Waals surface area contributed by atoms with E-state index < -0.39 is 0 Å². The molecule has 1 atom stereocenters. The quantitative estimate of drug-likeness (QED) is 0.694. The molecule has 0 N–H and O–H groups in total. The van der Waals surface area contributed by atoms with Crippen LogP contribution in [0.3, 0.4) is 0 Å². The number of amides is 1. The van der Waals surface area contributed by atoms with Crippen LogP contribution in [0.1, 0.15) is 35.2 Å². The van der Waals surface area contributed by atoms with Gasteiger partial charge in [-0.1, -0.05) is 0 Å². The van der Waals surface area contributed by atoms with Crippen molar-refractivity contribution in [2.75, 3.05) is 26.2 Å². The summed E-state index contributed by atoms with van der Waals surface area (Å²) < 4.78 is 1.84. The van der Waals surface area contributed by atoms with Crippen molar-refractivity contribution in [1.82, 2.24) is 19.6 Å². The van der Waals surface area contributed by atoms with Gasteiger partial charge in [0.05, 0.1) is 29.0 Å². The van der Waals surface area contributed by atoms with E-state index in [1.54, 1.807) is 12.3 Å². The second-order valence-electron chi connectivity index (χ2n) is 7.93. The fourth-order valence-corrected chi connectivity index (χ4v) is 4.57. The van der Waals surface area contributed by atoms with Crippen molar-refractivity contribution in [2.45, 2.75) is 25.3 Å². The molecule has 3 aromatic rings. The number of rotatable bonds is 3. The summed E-state index contributed by atoms with van der Waals surface area (Å²) in [7, 11) is 0. The second kappa shape index (κ2) is 7.34. The van der Waals surface area contributed by atoms with Crippen LogP contribution in [0.25, 0.3) is 16.6 Å². The molecule has 0 saturated carbocycles. The largest absolute Gasteiger partial charge is 0.337 e. The lowest BCUT2D eigenvalue weighted by Gasteiger charge is -2.23. The molecule has 3 heterocycles. The number of hydrogen-bond donors (Lipinski definition) is 0. The number of carbonyl (C=O) groups excluding carboxylic acids is 1. The third kappa shape index (κ3) is 3.28. The summed E-state index contributed by atoms with van der Waals surface area (Å²) in [6.45, 7) is 4.03. The molecular formula is C23H23N5O. The number of hydrogen-bond acceptors (Lipinski definition) is 4. The maximum Gasteiger partial charge on any atom is 0.253 e. The van der Waals surface area contributed by atoms with Gasteiger partial charge in [-0.3, -0.25) is 9.69 Å². The zero-order valence-corrected chi connectivity index (χ0v) is 16.3. The van der Waals surface area contributed by atoms with Gasteiger partial charge in [0.1, 0.15) is 0 Å². The first-order valence-electron chi connectivity index (χ1n) is 10.2. The Hall–Kier alpha value is -3.17. The predicted molar refractivity (Wildman–Crippen MR) is 111 cm³/mol. The molecule has 146 valence electrons. The van der Waals surface area contributed by atoms with Gasteiger partial charge in [-0.2, -0.15) is 10.4 Å². The van der Waals surface area contributed by atoms with Crippen molar-refractivity contribution in [1.29, 1.82) is 5.26 Å². The van der Waals surface area contributed by atoms with E-state index in [0.717, 1.165) is 41.7 Å². The standard InChI is InChI=1S/C23H23N5O/c24-14-17-3-8-22-19(13-17)15-25-28(22)20-6-4-18(5-7-20)23(29)27-12-9-21(16-27)26-10-1-2-11-26/h3-8,13,15,21H,1-2,9-12,16H2/t21-/m0/s1. The monoisotopic (exact) mass is 385 g/mol. The Morgan fingerprint density at radius 2 is 1.86 bits per heavy atom. The summed E-state index contributed by atoms with van der Waals surface area (Å²) in [6.07, 6.45) is 5.41. The molecule has 6 nitrogen and oxygen atoms in total. The molecular weight excluding hydrogens is 362 g/mol. The average Bonchev–Trinajstić information content (AvgIpc) is 3.53. The molecule has 1 amide bonds. The summed E-state index contributed by atoms with van der Waals surface area (Å²) in [5.74, 6) is 0.113. The maximum atomic E-state index is 12.9. The summed E-state index contributed by atoms with van der Waals surface area (Å²) in [5.41, 5.74) is 3.18. The van der Waals surface area contributed by atoms with Crippen LogP contribution in [0, 0.1) is 11.3 Å². The highest BCUT2D eigenvalue weighted by molar-refractivity contribution is 5.94. The lowest BCUT2D eigenvalue weighted by molar-refractivity contribution is 0.0780. The average molecular weight is 385 g/mol. The smallest absolute Gasteiger partial charge is 0.253 e. The molecule has 0 bridgehead atoms. The Bertz CT molecular complexity index is 1090. The third-order valence-corrected chi connectivity index (χ3v) is 6.16. The van der Waals surface area contributed by atoms with Crippen LogP contribution in [-0.2, 0) is 0 Å². The molecule has 1 aromatic heterocycles. The highest BCUT2D eigenvalue weighted by Crippen LogP contribution is 2.23. The molecule has 0 spiro atoms. The lowest BCUT2D eigenvalue weighted by Crippen LogP contribution is -2.37. The van der Waals surface area contributed by atoms with Gasteiger partial charge in [-0.15, -0.1) is 0 Å². The van der Waals surface area contributed by atoms with E-state index in [2.05, 4.69) is 16.1 Å². The Morgan fingerprint density at radius 1 is 1.07 bits per heavy atom. The topological polar surface area (TPSA) is 65.2 Å². The number of aromatic nitrogens is 2. The highest BCUT2D eigenvalue weighted by atomic mass is 16.2. The molecule has 2 aromatic carbocycles. The van der Waals surface area contributed by atoms with E-state index in [4.69, 9.17) is 5.26 Å². The van der Waals surface area contributed by atoms with E-state index in [-0.39, 0.29) is 5.91 Å². The van der Waals surface area contributed by atoms with E-state index in [1.165, 1.54) is 25.9 Å². The van der Waals surface area contributed by atoms with Gasteiger partial charge < -0.3 is 4.90 Å².